The standard InChI is InChI=1S/C15H13F2O4P/c1-10(18)11-2-4-12(5-3-11)13-6-8-14(9-7-13)15(16,17)22(19,20)21/h2-9H,1H3,(H2,19,20,21). The fraction of sp³-hybridized carbons (Fsp3) is 0.133. The number of rotatable bonds is 4. The van der Waals surface area contributed by atoms with E-state index in [-0.39, 0.29) is 5.78 Å². The van der Waals surface area contributed by atoms with Crippen molar-refractivity contribution >= 4 is 13.4 Å². The molecule has 0 unspecified atom stereocenters. The molecular formula is C15H13F2O4P. The first-order chi connectivity index (χ1) is 10.1. The van der Waals surface area contributed by atoms with E-state index in [0.717, 1.165) is 12.1 Å². The first-order valence-corrected chi connectivity index (χ1v) is 7.89. The number of benzene rings is 2. The van der Waals surface area contributed by atoms with Crippen LogP contribution in [0.4, 0.5) is 8.78 Å². The minimum atomic E-state index is -5.57. The average molecular weight is 326 g/mol. The van der Waals surface area contributed by atoms with E-state index in [2.05, 4.69) is 0 Å². The molecule has 2 aromatic carbocycles. The summed E-state index contributed by atoms with van der Waals surface area (Å²) >= 11 is 0. The minimum Gasteiger partial charge on any atom is -0.320 e. The molecule has 2 N–H and O–H groups in total. The maximum absolute atomic E-state index is 13.5. The lowest BCUT2D eigenvalue weighted by atomic mass is 10.0. The second-order valence-electron chi connectivity index (χ2n) is 4.80. The van der Waals surface area contributed by atoms with Crippen LogP contribution in [0, 0.1) is 0 Å². The Labute approximate surface area is 125 Å². The number of carbonyl (C=O) groups excluding carboxylic acids is 1. The Morgan fingerprint density at radius 1 is 0.955 bits per heavy atom. The predicted molar refractivity (Wildman–Crippen MR) is 77.8 cm³/mol. The van der Waals surface area contributed by atoms with Crippen LogP contribution in [0.25, 0.3) is 11.1 Å². The van der Waals surface area contributed by atoms with Gasteiger partial charge in [-0.1, -0.05) is 48.5 Å². The zero-order valence-electron chi connectivity index (χ0n) is 11.5. The molecule has 0 aliphatic carbocycles. The summed E-state index contributed by atoms with van der Waals surface area (Å²) in [6.45, 7) is 1.44. The molecule has 0 aliphatic heterocycles. The number of hydrogen-bond donors (Lipinski definition) is 2. The summed E-state index contributed by atoms with van der Waals surface area (Å²) in [6, 6.07) is 11.2. The van der Waals surface area contributed by atoms with E-state index in [4.69, 9.17) is 9.79 Å². The maximum atomic E-state index is 13.5. The molecule has 0 spiro atoms. The van der Waals surface area contributed by atoms with Gasteiger partial charge in [-0.2, -0.15) is 8.78 Å². The number of halogens is 2. The van der Waals surface area contributed by atoms with Crippen LogP contribution in [0.3, 0.4) is 0 Å². The summed E-state index contributed by atoms with van der Waals surface area (Å²) in [5.74, 6) is -0.0804. The predicted octanol–water partition coefficient (Wildman–Crippen LogP) is 3.78. The molecule has 0 atom stereocenters. The lowest BCUT2D eigenvalue weighted by Gasteiger charge is -2.18. The van der Waals surface area contributed by atoms with Crippen molar-refractivity contribution in [1.82, 2.24) is 0 Å². The third-order valence-electron chi connectivity index (χ3n) is 3.22. The largest absolute Gasteiger partial charge is 0.399 e. The monoisotopic (exact) mass is 326 g/mol. The zero-order valence-corrected chi connectivity index (χ0v) is 12.4. The molecule has 116 valence electrons. The Morgan fingerprint density at radius 2 is 1.36 bits per heavy atom. The van der Waals surface area contributed by atoms with Gasteiger partial charge in [0.1, 0.15) is 0 Å². The van der Waals surface area contributed by atoms with Crippen LogP contribution in [-0.4, -0.2) is 15.6 Å². The van der Waals surface area contributed by atoms with E-state index in [1.165, 1.54) is 19.1 Å². The highest BCUT2D eigenvalue weighted by molar-refractivity contribution is 7.52. The highest BCUT2D eigenvalue weighted by Gasteiger charge is 2.50. The third-order valence-corrected chi connectivity index (χ3v) is 4.21. The second-order valence-corrected chi connectivity index (χ2v) is 6.45. The molecule has 0 aliphatic rings. The molecule has 2 rings (SSSR count). The van der Waals surface area contributed by atoms with Gasteiger partial charge in [0, 0.05) is 11.1 Å². The van der Waals surface area contributed by atoms with E-state index in [1.807, 2.05) is 0 Å². The van der Waals surface area contributed by atoms with Crippen LogP contribution in [0.2, 0.25) is 0 Å². The normalized spacial score (nSPS) is 12.2. The lowest BCUT2D eigenvalue weighted by Crippen LogP contribution is -2.13. The highest BCUT2D eigenvalue weighted by Crippen LogP contribution is 2.59. The fourth-order valence-electron chi connectivity index (χ4n) is 1.93. The van der Waals surface area contributed by atoms with Crippen molar-refractivity contribution < 1.29 is 27.9 Å². The van der Waals surface area contributed by atoms with Gasteiger partial charge in [0.05, 0.1) is 0 Å². The van der Waals surface area contributed by atoms with E-state index in [0.29, 0.717) is 16.7 Å². The van der Waals surface area contributed by atoms with Gasteiger partial charge < -0.3 is 9.79 Å². The summed E-state index contributed by atoms with van der Waals surface area (Å²) in [5.41, 5.74) is -3.13. The number of carbonyl (C=O) groups is 1. The van der Waals surface area contributed by atoms with Gasteiger partial charge in [-0.25, -0.2) is 0 Å². The highest BCUT2D eigenvalue weighted by atomic mass is 31.2. The van der Waals surface area contributed by atoms with Crippen LogP contribution < -0.4 is 0 Å². The Morgan fingerprint density at radius 3 is 1.73 bits per heavy atom. The molecule has 0 amide bonds. The smallest absolute Gasteiger partial charge is 0.320 e. The summed E-state index contributed by atoms with van der Waals surface area (Å²) in [5, 5.41) is 0. The maximum Gasteiger partial charge on any atom is 0.399 e. The zero-order chi connectivity index (χ0) is 16.5. The summed E-state index contributed by atoms with van der Waals surface area (Å²) in [7, 11) is -5.57. The van der Waals surface area contributed by atoms with Crippen molar-refractivity contribution in [3.8, 4) is 11.1 Å². The van der Waals surface area contributed by atoms with Gasteiger partial charge in [0.15, 0.2) is 5.78 Å². The molecule has 22 heavy (non-hydrogen) atoms. The fourth-order valence-corrected chi connectivity index (χ4v) is 2.41. The van der Waals surface area contributed by atoms with Crippen molar-refractivity contribution in [1.29, 1.82) is 0 Å². The molecule has 0 heterocycles. The SMILES string of the molecule is CC(=O)c1ccc(-c2ccc(C(F)(F)P(=O)(O)O)cc2)cc1. The van der Waals surface area contributed by atoms with E-state index in [9.17, 15) is 18.1 Å². The van der Waals surface area contributed by atoms with Crippen molar-refractivity contribution in [2.45, 2.75) is 12.6 Å². The number of ketones is 1. The van der Waals surface area contributed by atoms with Crippen molar-refractivity contribution in [3.63, 3.8) is 0 Å². The number of alkyl halides is 2. The van der Waals surface area contributed by atoms with Crippen LogP contribution in [-0.2, 0) is 10.2 Å². The van der Waals surface area contributed by atoms with Gasteiger partial charge in [0.2, 0.25) is 0 Å². The van der Waals surface area contributed by atoms with Crippen LogP contribution in [0.15, 0.2) is 48.5 Å². The van der Waals surface area contributed by atoms with Crippen LogP contribution >= 0.6 is 7.60 Å². The summed E-state index contributed by atoms with van der Waals surface area (Å²) in [6.07, 6.45) is 0. The summed E-state index contributed by atoms with van der Waals surface area (Å²) in [4.78, 5) is 28.6. The molecular weight excluding hydrogens is 313 g/mol. The Kier molecular flexibility index (Phi) is 4.29. The second kappa shape index (κ2) is 5.72. The molecule has 0 saturated carbocycles. The van der Waals surface area contributed by atoms with E-state index >= 15 is 0 Å². The van der Waals surface area contributed by atoms with Gasteiger partial charge in [-0.3, -0.25) is 9.36 Å². The topological polar surface area (TPSA) is 74.6 Å². The molecule has 0 bridgehead atoms. The van der Waals surface area contributed by atoms with E-state index < -0.39 is 18.8 Å². The van der Waals surface area contributed by atoms with Crippen LogP contribution in [0.1, 0.15) is 22.8 Å². The van der Waals surface area contributed by atoms with Crippen molar-refractivity contribution in [3.05, 3.63) is 59.7 Å². The lowest BCUT2D eigenvalue weighted by molar-refractivity contribution is 0.0564. The van der Waals surface area contributed by atoms with Crippen molar-refractivity contribution in [2.75, 3.05) is 0 Å². The van der Waals surface area contributed by atoms with Gasteiger partial charge in [-0.15, -0.1) is 0 Å². The van der Waals surface area contributed by atoms with Gasteiger partial charge in [0.25, 0.3) is 0 Å². The number of hydrogen-bond acceptors (Lipinski definition) is 2. The molecule has 0 saturated heterocycles. The Bertz CT molecular complexity index is 733. The third kappa shape index (κ3) is 3.14. The van der Waals surface area contributed by atoms with Gasteiger partial charge >= 0.3 is 13.3 Å². The quantitative estimate of drug-likeness (QED) is 0.662. The minimum absolute atomic E-state index is 0.0804. The van der Waals surface area contributed by atoms with Crippen LogP contribution in [0.5, 0.6) is 0 Å². The Hall–Kier alpha value is -1.88. The molecule has 0 aromatic heterocycles. The first kappa shape index (κ1) is 16.5. The Balaban J connectivity index is 2.33. The summed E-state index contributed by atoms with van der Waals surface area (Å²) < 4.78 is 37.9. The van der Waals surface area contributed by atoms with Gasteiger partial charge in [-0.05, 0) is 18.1 Å². The average Bonchev–Trinajstić information content (AvgIpc) is 2.46. The van der Waals surface area contributed by atoms with E-state index in [1.54, 1.807) is 24.3 Å². The molecule has 0 radical (unpaired) electrons. The molecule has 2 aromatic rings. The van der Waals surface area contributed by atoms with Crippen molar-refractivity contribution in [2.24, 2.45) is 0 Å². The number of Topliss-reactive ketones (excluding diaryl/α,β-unsaturated/α-hetero) is 1. The molecule has 7 heteroatoms. The first-order valence-electron chi connectivity index (χ1n) is 6.28. The molecule has 0 fully saturated rings. The molecule has 4 nitrogen and oxygen atoms in total.